The van der Waals surface area contributed by atoms with E-state index in [2.05, 4.69) is 16.0 Å². The standard InChI is InChI=1S/C19H21N3O2/c23-18(14-6-2-1-3-7-14)19(24)21-12-15-8-5-11-22(15)17-9-4-10-20-16(17)13-21/h1-4,6-7,9-10,15,18,23H,5,8,11-13H2/t15-,18+/m0/s1. The van der Waals surface area contributed by atoms with Crippen molar-refractivity contribution < 1.29 is 9.90 Å². The zero-order valence-electron chi connectivity index (χ0n) is 13.5. The summed E-state index contributed by atoms with van der Waals surface area (Å²) in [6, 6.07) is 13.5. The number of carbonyl (C=O) groups is 1. The number of hydrogen-bond acceptors (Lipinski definition) is 4. The van der Waals surface area contributed by atoms with Crippen LogP contribution in [0.3, 0.4) is 0 Å². The van der Waals surface area contributed by atoms with Crippen LogP contribution in [0.25, 0.3) is 0 Å². The number of hydrogen-bond donors (Lipinski definition) is 1. The second kappa shape index (κ2) is 6.24. The summed E-state index contributed by atoms with van der Waals surface area (Å²) in [7, 11) is 0. The van der Waals surface area contributed by atoms with Gasteiger partial charge in [-0.25, -0.2) is 0 Å². The van der Waals surface area contributed by atoms with Gasteiger partial charge in [0.05, 0.1) is 17.9 Å². The van der Waals surface area contributed by atoms with Crippen LogP contribution >= 0.6 is 0 Å². The van der Waals surface area contributed by atoms with Crippen molar-refractivity contribution >= 4 is 11.6 Å². The largest absolute Gasteiger partial charge is 0.378 e. The van der Waals surface area contributed by atoms with Gasteiger partial charge in [0.1, 0.15) is 0 Å². The van der Waals surface area contributed by atoms with Crippen molar-refractivity contribution in [1.82, 2.24) is 9.88 Å². The van der Waals surface area contributed by atoms with Gasteiger partial charge in [-0.1, -0.05) is 30.3 Å². The SMILES string of the molecule is O=C([C@H](O)c1ccccc1)N1Cc2ncccc2N2CCC[C@H]2C1. The molecule has 4 rings (SSSR count). The van der Waals surface area contributed by atoms with E-state index in [4.69, 9.17) is 0 Å². The first-order valence-corrected chi connectivity index (χ1v) is 8.46. The van der Waals surface area contributed by atoms with Crippen molar-refractivity contribution in [3.63, 3.8) is 0 Å². The minimum atomic E-state index is -1.12. The molecule has 124 valence electrons. The molecule has 24 heavy (non-hydrogen) atoms. The smallest absolute Gasteiger partial charge is 0.256 e. The van der Waals surface area contributed by atoms with E-state index in [1.54, 1.807) is 23.2 Å². The molecule has 3 heterocycles. The maximum Gasteiger partial charge on any atom is 0.256 e. The van der Waals surface area contributed by atoms with E-state index in [9.17, 15) is 9.90 Å². The molecule has 0 radical (unpaired) electrons. The molecule has 2 aliphatic heterocycles. The van der Waals surface area contributed by atoms with E-state index in [-0.39, 0.29) is 5.91 Å². The van der Waals surface area contributed by atoms with Gasteiger partial charge < -0.3 is 14.9 Å². The average Bonchev–Trinajstić information content (AvgIpc) is 3.03. The van der Waals surface area contributed by atoms with Crippen LogP contribution in [0.2, 0.25) is 0 Å². The Kier molecular flexibility index (Phi) is 3.94. The monoisotopic (exact) mass is 323 g/mol. The van der Waals surface area contributed by atoms with Crippen LogP contribution in [-0.4, -0.2) is 40.0 Å². The first kappa shape index (κ1) is 15.1. The summed E-state index contributed by atoms with van der Waals surface area (Å²) < 4.78 is 0. The lowest BCUT2D eigenvalue weighted by atomic mass is 10.1. The summed E-state index contributed by atoms with van der Waals surface area (Å²) in [5.41, 5.74) is 2.68. The second-order valence-corrected chi connectivity index (χ2v) is 6.49. The molecule has 0 saturated carbocycles. The van der Waals surface area contributed by atoms with Crippen molar-refractivity contribution in [3.8, 4) is 0 Å². The lowest BCUT2D eigenvalue weighted by Gasteiger charge is -2.28. The van der Waals surface area contributed by atoms with Crippen LogP contribution in [0.4, 0.5) is 5.69 Å². The summed E-state index contributed by atoms with van der Waals surface area (Å²) in [6.45, 7) is 2.09. The van der Waals surface area contributed by atoms with Gasteiger partial charge in [0.25, 0.3) is 5.91 Å². The molecule has 5 heteroatoms. The van der Waals surface area contributed by atoms with Crippen LogP contribution in [0.5, 0.6) is 0 Å². The number of pyridine rings is 1. The number of benzene rings is 1. The quantitative estimate of drug-likeness (QED) is 0.920. The maximum absolute atomic E-state index is 12.9. The zero-order valence-corrected chi connectivity index (χ0v) is 13.5. The second-order valence-electron chi connectivity index (χ2n) is 6.49. The molecule has 1 aromatic heterocycles. The van der Waals surface area contributed by atoms with Crippen molar-refractivity contribution in [2.45, 2.75) is 31.5 Å². The normalized spacial score (nSPS) is 21.0. The van der Waals surface area contributed by atoms with Crippen LogP contribution in [-0.2, 0) is 11.3 Å². The molecule has 2 atom stereocenters. The number of anilines is 1. The van der Waals surface area contributed by atoms with E-state index in [1.165, 1.54) is 0 Å². The lowest BCUT2D eigenvalue weighted by Crippen LogP contribution is -2.42. The zero-order chi connectivity index (χ0) is 16.5. The van der Waals surface area contributed by atoms with Crippen molar-refractivity contribution in [3.05, 3.63) is 59.9 Å². The van der Waals surface area contributed by atoms with Gasteiger partial charge in [0.15, 0.2) is 6.10 Å². The van der Waals surface area contributed by atoms with Crippen molar-refractivity contribution in [2.24, 2.45) is 0 Å². The highest BCUT2D eigenvalue weighted by atomic mass is 16.3. The molecule has 0 spiro atoms. The fraction of sp³-hybridized carbons (Fsp3) is 0.368. The number of aliphatic hydroxyl groups is 1. The molecule has 1 aromatic carbocycles. The molecular formula is C19H21N3O2. The maximum atomic E-state index is 12.9. The lowest BCUT2D eigenvalue weighted by molar-refractivity contribution is -0.141. The minimum Gasteiger partial charge on any atom is -0.378 e. The first-order chi connectivity index (χ1) is 11.7. The molecule has 0 unspecified atom stereocenters. The van der Waals surface area contributed by atoms with Crippen molar-refractivity contribution in [1.29, 1.82) is 0 Å². The number of carbonyl (C=O) groups excluding carboxylic acids is 1. The fourth-order valence-electron chi connectivity index (χ4n) is 3.77. The van der Waals surface area contributed by atoms with Gasteiger partial charge in [-0.2, -0.15) is 0 Å². The molecule has 0 aliphatic carbocycles. The fourth-order valence-corrected chi connectivity index (χ4v) is 3.77. The van der Waals surface area contributed by atoms with E-state index in [0.29, 0.717) is 24.7 Å². The summed E-state index contributed by atoms with van der Waals surface area (Å²) in [6.07, 6.45) is 2.85. The highest BCUT2D eigenvalue weighted by Crippen LogP contribution is 2.32. The Morgan fingerprint density at radius 3 is 2.88 bits per heavy atom. The molecule has 1 saturated heterocycles. The van der Waals surface area contributed by atoms with Gasteiger partial charge in [-0.3, -0.25) is 9.78 Å². The van der Waals surface area contributed by atoms with Crippen LogP contribution in [0.15, 0.2) is 48.7 Å². The molecule has 2 aromatic rings. The van der Waals surface area contributed by atoms with Crippen LogP contribution < -0.4 is 4.90 Å². The topological polar surface area (TPSA) is 56.7 Å². The third kappa shape index (κ3) is 2.65. The number of aromatic nitrogens is 1. The Bertz CT molecular complexity index is 734. The number of rotatable bonds is 2. The minimum absolute atomic E-state index is 0.244. The number of fused-ring (bicyclic) bond motifs is 3. The highest BCUT2D eigenvalue weighted by molar-refractivity contribution is 5.82. The Morgan fingerprint density at radius 1 is 1.21 bits per heavy atom. The van der Waals surface area contributed by atoms with Gasteiger partial charge in [-0.05, 0) is 30.5 Å². The average molecular weight is 323 g/mol. The van der Waals surface area contributed by atoms with E-state index in [0.717, 1.165) is 30.8 Å². The van der Waals surface area contributed by atoms with E-state index in [1.807, 2.05) is 24.3 Å². The summed E-state index contributed by atoms with van der Waals surface area (Å²) >= 11 is 0. The molecule has 1 fully saturated rings. The van der Waals surface area contributed by atoms with E-state index < -0.39 is 6.10 Å². The molecular weight excluding hydrogens is 302 g/mol. The van der Waals surface area contributed by atoms with Crippen molar-refractivity contribution in [2.75, 3.05) is 18.0 Å². The molecule has 1 amide bonds. The predicted molar refractivity (Wildman–Crippen MR) is 91.4 cm³/mol. The third-order valence-corrected chi connectivity index (χ3v) is 4.99. The van der Waals surface area contributed by atoms with Gasteiger partial charge in [0.2, 0.25) is 0 Å². The molecule has 5 nitrogen and oxygen atoms in total. The third-order valence-electron chi connectivity index (χ3n) is 4.99. The summed E-state index contributed by atoms with van der Waals surface area (Å²) in [4.78, 5) is 21.5. The predicted octanol–water partition coefficient (Wildman–Crippen LogP) is 2.13. The van der Waals surface area contributed by atoms with Gasteiger partial charge in [0, 0.05) is 25.3 Å². The highest BCUT2D eigenvalue weighted by Gasteiger charge is 2.35. The Morgan fingerprint density at radius 2 is 2.04 bits per heavy atom. The Labute approximate surface area is 141 Å². The van der Waals surface area contributed by atoms with E-state index >= 15 is 0 Å². The number of nitrogens with zero attached hydrogens (tertiary/aromatic N) is 3. The van der Waals surface area contributed by atoms with Gasteiger partial charge in [-0.15, -0.1) is 0 Å². The summed E-state index contributed by atoms with van der Waals surface area (Å²) in [5, 5.41) is 10.5. The number of aliphatic hydroxyl groups excluding tert-OH is 1. The molecule has 0 bridgehead atoms. The molecule has 1 N–H and O–H groups in total. The first-order valence-electron chi connectivity index (χ1n) is 8.46. The molecule has 2 aliphatic rings. The van der Waals surface area contributed by atoms with Crippen LogP contribution in [0.1, 0.15) is 30.2 Å². The van der Waals surface area contributed by atoms with Crippen LogP contribution in [0, 0.1) is 0 Å². The Balaban J connectivity index is 1.63. The number of amides is 1. The summed E-state index contributed by atoms with van der Waals surface area (Å²) in [5.74, 6) is -0.244. The Hall–Kier alpha value is -2.40. The van der Waals surface area contributed by atoms with Gasteiger partial charge >= 0.3 is 0 Å².